The van der Waals surface area contributed by atoms with Crippen molar-refractivity contribution in [1.29, 1.82) is 0 Å². The second-order valence-electron chi connectivity index (χ2n) is 3.10. The maximum absolute atomic E-state index is 10.7. The van der Waals surface area contributed by atoms with Crippen molar-refractivity contribution in [1.82, 2.24) is 10.6 Å². The monoisotopic (exact) mass is 156 g/mol. The first-order chi connectivity index (χ1) is 5.33. The van der Waals surface area contributed by atoms with Crippen LogP contribution in [0.1, 0.15) is 19.3 Å². The molecule has 2 N–H and O–H groups in total. The van der Waals surface area contributed by atoms with E-state index in [-0.39, 0.29) is 5.91 Å². The maximum atomic E-state index is 10.7. The molecule has 3 heteroatoms. The number of amides is 1. The van der Waals surface area contributed by atoms with Gasteiger partial charge in [-0.2, -0.15) is 0 Å². The molecule has 1 saturated carbocycles. The lowest BCUT2D eigenvalue weighted by molar-refractivity contribution is -0.119. The highest BCUT2D eigenvalue weighted by molar-refractivity contribution is 5.77. The van der Waals surface area contributed by atoms with Crippen LogP contribution >= 0.6 is 0 Å². The minimum absolute atomic E-state index is 0.0734. The van der Waals surface area contributed by atoms with E-state index in [2.05, 4.69) is 10.6 Å². The third-order valence-electron chi connectivity index (χ3n) is 2.22. The van der Waals surface area contributed by atoms with E-state index in [0.717, 1.165) is 12.5 Å². The molecule has 0 atom stereocenters. The van der Waals surface area contributed by atoms with E-state index in [0.29, 0.717) is 6.54 Å². The topological polar surface area (TPSA) is 41.1 Å². The smallest absolute Gasteiger partial charge is 0.233 e. The predicted octanol–water partition coefficient (Wildman–Crippen LogP) is 0.122. The molecule has 0 bridgehead atoms. The third kappa shape index (κ3) is 2.89. The Kier molecular flexibility index (Phi) is 3.36. The van der Waals surface area contributed by atoms with Crippen LogP contribution in [-0.4, -0.2) is 26.0 Å². The van der Waals surface area contributed by atoms with Crippen molar-refractivity contribution in [2.45, 2.75) is 19.3 Å². The van der Waals surface area contributed by atoms with Crippen molar-refractivity contribution in [3.63, 3.8) is 0 Å². The fourth-order valence-electron chi connectivity index (χ4n) is 1.18. The van der Waals surface area contributed by atoms with Gasteiger partial charge in [-0.05, 0) is 25.3 Å². The molecular weight excluding hydrogens is 140 g/mol. The Bertz CT molecular complexity index is 132. The van der Waals surface area contributed by atoms with Gasteiger partial charge in [-0.25, -0.2) is 0 Å². The summed E-state index contributed by atoms with van der Waals surface area (Å²) < 4.78 is 0. The molecule has 0 aromatic carbocycles. The van der Waals surface area contributed by atoms with E-state index in [9.17, 15) is 4.79 Å². The van der Waals surface area contributed by atoms with Gasteiger partial charge in [0.05, 0.1) is 6.54 Å². The molecule has 1 fully saturated rings. The average molecular weight is 156 g/mol. The summed E-state index contributed by atoms with van der Waals surface area (Å²) in [5.41, 5.74) is 0. The van der Waals surface area contributed by atoms with Gasteiger partial charge in [-0.15, -0.1) is 0 Å². The second kappa shape index (κ2) is 4.34. The van der Waals surface area contributed by atoms with Gasteiger partial charge in [0, 0.05) is 7.05 Å². The number of rotatable bonds is 4. The van der Waals surface area contributed by atoms with Crippen molar-refractivity contribution < 1.29 is 4.79 Å². The first-order valence-electron chi connectivity index (χ1n) is 4.24. The molecule has 0 saturated heterocycles. The van der Waals surface area contributed by atoms with E-state index < -0.39 is 0 Å². The zero-order chi connectivity index (χ0) is 8.10. The average Bonchev–Trinajstić information content (AvgIpc) is 1.94. The van der Waals surface area contributed by atoms with Gasteiger partial charge in [0.15, 0.2) is 0 Å². The molecule has 0 unspecified atom stereocenters. The van der Waals surface area contributed by atoms with Gasteiger partial charge in [0.1, 0.15) is 0 Å². The van der Waals surface area contributed by atoms with Crippen molar-refractivity contribution in [2.75, 3.05) is 20.1 Å². The van der Waals surface area contributed by atoms with Gasteiger partial charge in [0.2, 0.25) is 5.91 Å². The molecule has 0 spiro atoms. The summed E-state index contributed by atoms with van der Waals surface area (Å²) in [6.07, 6.45) is 4.04. The van der Waals surface area contributed by atoms with Gasteiger partial charge in [0.25, 0.3) is 0 Å². The second-order valence-corrected chi connectivity index (χ2v) is 3.10. The lowest BCUT2D eigenvalue weighted by atomic mass is 9.85. The Hall–Kier alpha value is -0.570. The van der Waals surface area contributed by atoms with E-state index in [1.54, 1.807) is 7.05 Å². The molecule has 64 valence electrons. The molecule has 0 aromatic rings. The summed E-state index contributed by atoms with van der Waals surface area (Å²) in [6, 6.07) is 0. The summed E-state index contributed by atoms with van der Waals surface area (Å²) in [6.45, 7) is 1.47. The first-order valence-corrected chi connectivity index (χ1v) is 4.24. The molecule has 1 aliphatic carbocycles. The van der Waals surface area contributed by atoms with Crippen molar-refractivity contribution in [3.05, 3.63) is 0 Å². The maximum Gasteiger partial charge on any atom is 0.233 e. The number of likely N-dealkylation sites (N-methyl/N-ethyl adjacent to an activating group) is 1. The van der Waals surface area contributed by atoms with Gasteiger partial charge >= 0.3 is 0 Å². The molecule has 11 heavy (non-hydrogen) atoms. The molecule has 0 radical (unpaired) electrons. The van der Waals surface area contributed by atoms with Crippen LogP contribution in [0.3, 0.4) is 0 Å². The highest BCUT2D eigenvalue weighted by Crippen LogP contribution is 2.24. The Morgan fingerprint density at radius 1 is 1.55 bits per heavy atom. The van der Waals surface area contributed by atoms with Crippen LogP contribution in [-0.2, 0) is 4.79 Å². The largest absolute Gasteiger partial charge is 0.358 e. The van der Waals surface area contributed by atoms with Crippen LogP contribution < -0.4 is 10.6 Å². The minimum atomic E-state index is 0.0734. The Labute approximate surface area is 67.5 Å². The number of carbonyl (C=O) groups excluding carboxylic acids is 1. The molecule has 0 heterocycles. The van der Waals surface area contributed by atoms with Crippen LogP contribution in [0, 0.1) is 5.92 Å². The SMILES string of the molecule is CNC(=O)CNCC1CCC1. The molecule has 0 aliphatic heterocycles. The number of hydrogen-bond donors (Lipinski definition) is 2. The fraction of sp³-hybridized carbons (Fsp3) is 0.875. The predicted molar refractivity (Wildman–Crippen MR) is 44.3 cm³/mol. The summed E-state index contributed by atoms with van der Waals surface area (Å²) in [5.74, 6) is 0.906. The Morgan fingerprint density at radius 2 is 2.27 bits per heavy atom. The van der Waals surface area contributed by atoms with Gasteiger partial charge < -0.3 is 10.6 Å². The Morgan fingerprint density at radius 3 is 2.73 bits per heavy atom. The zero-order valence-corrected chi connectivity index (χ0v) is 7.02. The molecule has 0 aromatic heterocycles. The van der Waals surface area contributed by atoms with Crippen molar-refractivity contribution >= 4 is 5.91 Å². The summed E-state index contributed by atoms with van der Waals surface area (Å²) >= 11 is 0. The molecule has 1 amide bonds. The van der Waals surface area contributed by atoms with E-state index in [1.807, 2.05) is 0 Å². The Balaban J connectivity index is 1.90. The van der Waals surface area contributed by atoms with E-state index >= 15 is 0 Å². The third-order valence-corrected chi connectivity index (χ3v) is 2.22. The molecule has 3 nitrogen and oxygen atoms in total. The van der Waals surface area contributed by atoms with Crippen LogP contribution in [0.15, 0.2) is 0 Å². The number of nitrogens with one attached hydrogen (secondary N) is 2. The lowest BCUT2D eigenvalue weighted by Gasteiger charge is -2.25. The van der Waals surface area contributed by atoms with Crippen LogP contribution in [0.4, 0.5) is 0 Å². The standard InChI is InChI=1S/C8H16N2O/c1-9-8(11)6-10-5-7-3-2-4-7/h7,10H,2-6H2,1H3,(H,9,11). The van der Waals surface area contributed by atoms with Gasteiger partial charge in [-0.1, -0.05) is 6.42 Å². The minimum Gasteiger partial charge on any atom is -0.358 e. The van der Waals surface area contributed by atoms with Crippen molar-refractivity contribution in [3.8, 4) is 0 Å². The van der Waals surface area contributed by atoms with Crippen LogP contribution in [0.2, 0.25) is 0 Å². The first kappa shape index (κ1) is 8.53. The van der Waals surface area contributed by atoms with Crippen LogP contribution in [0.25, 0.3) is 0 Å². The normalized spacial score (nSPS) is 17.5. The summed E-state index contributed by atoms with van der Waals surface area (Å²) in [7, 11) is 1.66. The summed E-state index contributed by atoms with van der Waals surface area (Å²) in [5, 5.41) is 5.70. The number of carbonyl (C=O) groups is 1. The molecular formula is C8H16N2O. The highest BCUT2D eigenvalue weighted by Gasteiger charge is 2.16. The summed E-state index contributed by atoms with van der Waals surface area (Å²) in [4.78, 5) is 10.7. The fourth-order valence-corrected chi connectivity index (χ4v) is 1.18. The highest BCUT2D eigenvalue weighted by atomic mass is 16.1. The number of hydrogen-bond acceptors (Lipinski definition) is 2. The zero-order valence-electron chi connectivity index (χ0n) is 7.02. The van der Waals surface area contributed by atoms with Crippen molar-refractivity contribution in [2.24, 2.45) is 5.92 Å². The van der Waals surface area contributed by atoms with Crippen LogP contribution in [0.5, 0.6) is 0 Å². The molecule has 1 rings (SSSR count). The molecule has 1 aliphatic rings. The van der Waals surface area contributed by atoms with E-state index in [1.165, 1.54) is 19.3 Å². The quantitative estimate of drug-likeness (QED) is 0.607. The lowest BCUT2D eigenvalue weighted by Crippen LogP contribution is -2.35. The van der Waals surface area contributed by atoms with E-state index in [4.69, 9.17) is 0 Å². The van der Waals surface area contributed by atoms with Gasteiger partial charge in [-0.3, -0.25) is 4.79 Å².